The maximum Gasteiger partial charge on any atom is 0.329 e. The third-order valence-corrected chi connectivity index (χ3v) is 5.40. The summed E-state index contributed by atoms with van der Waals surface area (Å²) in [6, 6.07) is 14.8. The Morgan fingerprint density at radius 1 is 1.16 bits per heavy atom. The molecule has 4 rings (SSSR count). The third kappa shape index (κ3) is 5.10. The molecule has 1 unspecified atom stereocenters. The smallest absolute Gasteiger partial charge is 0.329 e. The monoisotopic (exact) mass is 422 g/mol. The number of morpholine rings is 1. The molecular weight excluding hydrogens is 396 g/mol. The number of nitrogens with zero attached hydrogens (tertiary/aromatic N) is 2. The Balaban J connectivity index is 1.39. The number of nitrogens with one attached hydrogen (secondary N) is 2. The highest BCUT2D eigenvalue weighted by Crippen LogP contribution is 2.12. The fourth-order valence-electron chi connectivity index (χ4n) is 3.87. The van der Waals surface area contributed by atoms with Crippen molar-refractivity contribution in [2.75, 3.05) is 19.7 Å². The van der Waals surface area contributed by atoms with Gasteiger partial charge in [-0.3, -0.25) is 19.1 Å². The summed E-state index contributed by atoms with van der Waals surface area (Å²) >= 11 is 0. The van der Waals surface area contributed by atoms with E-state index in [2.05, 4.69) is 34.3 Å². The second kappa shape index (κ2) is 9.28. The minimum atomic E-state index is -0.597. The van der Waals surface area contributed by atoms with E-state index in [1.807, 2.05) is 12.1 Å². The second-order valence-electron chi connectivity index (χ2n) is 7.88. The average molecular weight is 422 g/mol. The van der Waals surface area contributed by atoms with Crippen LogP contribution >= 0.6 is 0 Å². The van der Waals surface area contributed by atoms with Gasteiger partial charge in [-0.1, -0.05) is 36.4 Å². The first-order chi connectivity index (χ1) is 15.0. The number of hydrogen-bond acceptors (Lipinski definition) is 5. The van der Waals surface area contributed by atoms with E-state index in [1.165, 1.54) is 5.56 Å². The summed E-state index contributed by atoms with van der Waals surface area (Å²) in [5.74, 6) is -0.393. The van der Waals surface area contributed by atoms with Gasteiger partial charge in [-0.25, -0.2) is 4.79 Å². The summed E-state index contributed by atoms with van der Waals surface area (Å²) < 4.78 is 6.51. The van der Waals surface area contributed by atoms with Gasteiger partial charge in [-0.2, -0.15) is 0 Å². The van der Waals surface area contributed by atoms with Crippen molar-refractivity contribution in [3.8, 4) is 0 Å². The quantitative estimate of drug-likeness (QED) is 0.623. The van der Waals surface area contributed by atoms with Gasteiger partial charge in [0.15, 0.2) is 0 Å². The van der Waals surface area contributed by atoms with Crippen molar-refractivity contribution in [2.24, 2.45) is 0 Å². The molecule has 3 aromatic rings. The van der Waals surface area contributed by atoms with E-state index in [1.54, 1.807) is 24.3 Å². The summed E-state index contributed by atoms with van der Waals surface area (Å²) in [5.41, 5.74) is 1.52. The van der Waals surface area contributed by atoms with Gasteiger partial charge in [0.1, 0.15) is 6.54 Å². The van der Waals surface area contributed by atoms with Gasteiger partial charge in [-0.15, -0.1) is 0 Å². The zero-order chi connectivity index (χ0) is 21.8. The van der Waals surface area contributed by atoms with Crippen LogP contribution in [0, 0.1) is 0 Å². The van der Waals surface area contributed by atoms with E-state index in [0.29, 0.717) is 17.4 Å². The maximum atomic E-state index is 12.6. The summed E-state index contributed by atoms with van der Waals surface area (Å²) in [6.07, 6.45) is 0.234. The predicted octanol–water partition coefficient (Wildman–Crippen LogP) is 1.23. The van der Waals surface area contributed by atoms with E-state index in [-0.39, 0.29) is 12.6 Å². The molecule has 1 aliphatic heterocycles. The lowest BCUT2D eigenvalue weighted by Crippen LogP contribution is -2.40. The number of hydrogen-bond donors (Lipinski definition) is 2. The molecule has 2 heterocycles. The summed E-state index contributed by atoms with van der Waals surface area (Å²) in [5, 5.41) is 3.18. The molecule has 2 N–H and O–H groups in total. The first kappa shape index (κ1) is 21.0. The van der Waals surface area contributed by atoms with E-state index < -0.39 is 17.2 Å². The summed E-state index contributed by atoms with van der Waals surface area (Å²) in [4.78, 5) is 42.2. The highest BCUT2D eigenvalue weighted by molar-refractivity contribution is 5.78. The molecule has 0 aliphatic carbocycles. The van der Waals surface area contributed by atoms with Crippen LogP contribution < -0.4 is 16.6 Å². The number of ether oxygens (including phenoxy) is 1. The van der Waals surface area contributed by atoms with Crippen molar-refractivity contribution in [2.45, 2.75) is 32.7 Å². The molecule has 0 saturated carbocycles. The molecule has 1 saturated heterocycles. The predicted molar refractivity (Wildman–Crippen MR) is 118 cm³/mol. The lowest BCUT2D eigenvalue weighted by molar-refractivity contribution is -0.121. The van der Waals surface area contributed by atoms with Crippen LogP contribution in [-0.2, 0) is 29.2 Å². The van der Waals surface area contributed by atoms with Crippen LogP contribution in [0.3, 0.4) is 0 Å². The van der Waals surface area contributed by atoms with Gasteiger partial charge in [0, 0.05) is 26.2 Å². The molecule has 8 nitrogen and oxygen atoms in total. The molecule has 1 atom stereocenters. The molecule has 0 bridgehead atoms. The largest absolute Gasteiger partial charge is 0.376 e. The van der Waals surface area contributed by atoms with Crippen molar-refractivity contribution >= 4 is 16.8 Å². The Hall–Kier alpha value is -3.23. The molecule has 162 valence electrons. The average Bonchev–Trinajstić information content (AvgIpc) is 2.75. The molecule has 0 radical (unpaired) electrons. The Morgan fingerprint density at radius 3 is 2.81 bits per heavy atom. The van der Waals surface area contributed by atoms with Crippen molar-refractivity contribution in [3.63, 3.8) is 0 Å². The van der Waals surface area contributed by atoms with Crippen LogP contribution in [0.1, 0.15) is 18.1 Å². The van der Waals surface area contributed by atoms with Gasteiger partial charge >= 0.3 is 5.69 Å². The van der Waals surface area contributed by atoms with Gasteiger partial charge in [0.25, 0.3) is 5.56 Å². The number of fused-ring (bicyclic) bond motifs is 1. The Bertz CT molecular complexity index is 1200. The first-order valence-electron chi connectivity index (χ1n) is 10.4. The van der Waals surface area contributed by atoms with Gasteiger partial charge in [-0.05, 0) is 30.2 Å². The summed E-state index contributed by atoms with van der Waals surface area (Å²) in [7, 11) is 0. The molecule has 0 spiro atoms. The highest BCUT2D eigenvalue weighted by Gasteiger charge is 2.17. The minimum absolute atomic E-state index is 0.234. The SMILES string of the molecule is CC1CN(Cc2cccc(CNC(=O)Cn3c(=O)[nH]c4ccccc4c3=O)c2)CCO1. The number of aromatic nitrogens is 2. The van der Waals surface area contributed by atoms with Crippen LogP contribution in [0.4, 0.5) is 0 Å². The van der Waals surface area contributed by atoms with Crippen LogP contribution in [0.25, 0.3) is 10.9 Å². The number of amides is 1. The van der Waals surface area contributed by atoms with E-state index in [0.717, 1.165) is 36.4 Å². The minimum Gasteiger partial charge on any atom is -0.376 e. The standard InChI is InChI=1S/C23H26N4O4/c1-16-13-26(9-10-31-16)14-18-6-4-5-17(11-18)12-24-21(28)15-27-22(29)19-7-2-3-8-20(19)25-23(27)30/h2-8,11,16H,9-10,12-15H2,1H3,(H,24,28)(H,25,30). The molecule has 2 aromatic carbocycles. The van der Waals surface area contributed by atoms with E-state index >= 15 is 0 Å². The number of aromatic amines is 1. The molecule has 1 aromatic heterocycles. The van der Waals surface area contributed by atoms with Crippen molar-refractivity contribution in [1.29, 1.82) is 0 Å². The second-order valence-corrected chi connectivity index (χ2v) is 7.88. The highest BCUT2D eigenvalue weighted by atomic mass is 16.5. The number of carbonyl (C=O) groups excluding carboxylic acids is 1. The topological polar surface area (TPSA) is 96.4 Å². The molecular formula is C23H26N4O4. The van der Waals surface area contributed by atoms with Crippen molar-refractivity contribution < 1.29 is 9.53 Å². The zero-order valence-corrected chi connectivity index (χ0v) is 17.5. The normalized spacial score (nSPS) is 17.0. The third-order valence-electron chi connectivity index (χ3n) is 5.40. The van der Waals surface area contributed by atoms with Crippen LogP contribution in [0.5, 0.6) is 0 Å². The van der Waals surface area contributed by atoms with E-state index in [9.17, 15) is 14.4 Å². The lowest BCUT2D eigenvalue weighted by atomic mass is 10.1. The van der Waals surface area contributed by atoms with Gasteiger partial charge < -0.3 is 15.0 Å². The van der Waals surface area contributed by atoms with E-state index in [4.69, 9.17) is 4.74 Å². The Labute approximate surface area is 179 Å². The van der Waals surface area contributed by atoms with Crippen molar-refractivity contribution in [3.05, 3.63) is 80.5 Å². The fraction of sp³-hybridized carbons (Fsp3) is 0.348. The fourth-order valence-corrected chi connectivity index (χ4v) is 3.87. The zero-order valence-electron chi connectivity index (χ0n) is 17.5. The molecule has 1 amide bonds. The van der Waals surface area contributed by atoms with Gasteiger partial charge in [0.2, 0.25) is 5.91 Å². The number of para-hydroxylation sites is 1. The van der Waals surface area contributed by atoms with Gasteiger partial charge in [0.05, 0.1) is 23.6 Å². The first-order valence-corrected chi connectivity index (χ1v) is 10.4. The number of benzene rings is 2. The molecule has 1 aliphatic rings. The van der Waals surface area contributed by atoms with Crippen LogP contribution in [0.15, 0.2) is 58.1 Å². The maximum absolute atomic E-state index is 12.6. The van der Waals surface area contributed by atoms with Crippen LogP contribution in [-0.4, -0.2) is 46.2 Å². The Morgan fingerprint density at radius 2 is 1.97 bits per heavy atom. The Kier molecular flexibility index (Phi) is 6.29. The number of carbonyl (C=O) groups is 1. The van der Waals surface area contributed by atoms with Crippen LogP contribution in [0.2, 0.25) is 0 Å². The molecule has 8 heteroatoms. The number of rotatable bonds is 6. The molecule has 31 heavy (non-hydrogen) atoms. The molecule has 1 fully saturated rings. The lowest BCUT2D eigenvalue weighted by Gasteiger charge is -2.31. The van der Waals surface area contributed by atoms with Crippen molar-refractivity contribution in [1.82, 2.24) is 19.8 Å². The summed E-state index contributed by atoms with van der Waals surface area (Å²) in [6.45, 7) is 5.44. The number of H-pyrrole nitrogens is 1.